The number of nitrogens with zero attached hydrogens (tertiary/aromatic N) is 1. The number of ether oxygens (including phenoxy) is 2. The Bertz CT molecular complexity index is 1320. The molecular formula is C26H23NO8. The number of imide groups is 3. The molecule has 1 N–H and O–H groups in total. The number of ketones is 2. The molecule has 1 aliphatic heterocycles. The Hall–Kier alpha value is -4.01. The number of amides is 3. The summed E-state index contributed by atoms with van der Waals surface area (Å²) in [6.45, 7) is 1.58. The van der Waals surface area contributed by atoms with Crippen LogP contribution in [0.25, 0.3) is 0 Å². The van der Waals surface area contributed by atoms with Gasteiger partial charge in [0.25, 0.3) is 0 Å². The maximum absolute atomic E-state index is 13.4. The first-order chi connectivity index (χ1) is 16.7. The molecular weight excluding hydrogens is 454 g/mol. The summed E-state index contributed by atoms with van der Waals surface area (Å²) in [5, 5.41) is 9.99. The number of aromatic hydroxyl groups is 1. The minimum absolute atomic E-state index is 0.0303. The Labute approximate surface area is 200 Å². The number of rotatable bonds is 2. The molecule has 0 bridgehead atoms. The fourth-order valence-electron chi connectivity index (χ4n) is 5.93. The Morgan fingerprint density at radius 1 is 1.09 bits per heavy atom. The number of allylic oxidation sites excluding steroid dienone is 6. The van der Waals surface area contributed by atoms with E-state index in [1.807, 2.05) is 6.08 Å². The van der Waals surface area contributed by atoms with E-state index in [9.17, 15) is 29.1 Å². The highest BCUT2D eigenvalue weighted by atomic mass is 16.5. The van der Waals surface area contributed by atoms with Gasteiger partial charge in [0.1, 0.15) is 11.5 Å². The van der Waals surface area contributed by atoms with Crippen LogP contribution >= 0.6 is 0 Å². The van der Waals surface area contributed by atoms with E-state index < -0.39 is 41.6 Å². The van der Waals surface area contributed by atoms with E-state index in [0.717, 1.165) is 12.7 Å². The van der Waals surface area contributed by atoms with E-state index in [1.54, 1.807) is 13.0 Å². The van der Waals surface area contributed by atoms with Gasteiger partial charge < -0.3 is 14.6 Å². The van der Waals surface area contributed by atoms with Gasteiger partial charge in [0.15, 0.2) is 11.6 Å². The molecule has 3 amide bonds. The monoisotopic (exact) mass is 477 g/mol. The molecule has 0 spiro atoms. The number of benzene rings is 1. The van der Waals surface area contributed by atoms with Crippen molar-refractivity contribution in [2.45, 2.75) is 25.7 Å². The lowest BCUT2D eigenvalue weighted by atomic mass is 9.59. The number of phenols is 1. The van der Waals surface area contributed by atoms with Gasteiger partial charge in [-0.1, -0.05) is 17.7 Å². The van der Waals surface area contributed by atoms with Crippen molar-refractivity contribution in [2.24, 2.45) is 17.8 Å². The highest BCUT2D eigenvalue weighted by molar-refractivity contribution is 6.24. The van der Waals surface area contributed by atoms with E-state index in [4.69, 9.17) is 4.74 Å². The van der Waals surface area contributed by atoms with Gasteiger partial charge in [-0.15, -0.1) is 0 Å². The second-order valence-corrected chi connectivity index (χ2v) is 9.14. The Morgan fingerprint density at radius 3 is 2.51 bits per heavy atom. The van der Waals surface area contributed by atoms with Crippen LogP contribution in [0.5, 0.6) is 11.5 Å². The van der Waals surface area contributed by atoms with Crippen LogP contribution in [0.4, 0.5) is 4.79 Å². The van der Waals surface area contributed by atoms with Crippen LogP contribution < -0.4 is 4.74 Å². The highest BCUT2D eigenvalue weighted by Gasteiger charge is 2.58. The summed E-state index contributed by atoms with van der Waals surface area (Å²) in [5.74, 6) is -4.50. The van der Waals surface area contributed by atoms with E-state index >= 15 is 0 Å². The summed E-state index contributed by atoms with van der Waals surface area (Å²) < 4.78 is 10.2. The molecule has 180 valence electrons. The summed E-state index contributed by atoms with van der Waals surface area (Å²) in [6.07, 6.45) is 2.39. The number of hydrogen-bond donors (Lipinski definition) is 1. The van der Waals surface area contributed by atoms with Crippen LogP contribution in [0, 0.1) is 17.8 Å². The van der Waals surface area contributed by atoms with Gasteiger partial charge in [0.05, 0.1) is 26.1 Å². The molecule has 4 atom stereocenters. The molecule has 0 radical (unpaired) electrons. The summed E-state index contributed by atoms with van der Waals surface area (Å²) in [4.78, 5) is 65.4. The minimum Gasteiger partial charge on any atom is -0.508 e. The third kappa shape index (κ3) is 3.18. The SMILES string of the molecule is COC(=O)N1C(=O)[C@H]2[C@H](CC=C3[C@H](c4ccc(O)cc4OC)C4=C(C[C@H]32)C(=O)C=C(C)C4=O)C1=O. The fraction of sp³-hybridized carbons (Fsp3) is 0.346. The third-order valence-corrected chi connectivity index (χ3v) is 7.45. The molecule has 1 aromatic carbocycles. The summed E-state index contributed by atoms with van der Waals surface area (Å²) in [6, 6.07) is 4.52. The summed E-state index contributed by atoms with van der Waals surface area (Å²) in [7, 11) is 2.53. The predicted octanol–water partition coefficient (Wildman–Crippen LogP) is 2.60. The average molecular weight is 477 g/mol. The van der Waals surface area contributed by atoms with Gasteiger partial charge in [0, 0.05) is 34.3 Å². The van der Waals surface area contributed by atoms with E-state index in [0.29, 0.717) is 32.9 Å². The zero-order chi connectivity index (χ0) is 25.2. The second-order valence-electron chi connectivity index (χ2n) is 9.14. The second kappa shape index (κ2) is 8.04. The zero-order valence-corrected chi connectivity index (χ0v) is 19.4. The molecule has 9 nitrogen and oxygen atoms in total. The molecule has 35 heavy (non-hydrogen) atoms. The first-order valence-electron chi connectivity index (χ1n) is 11.2. The maximum atomic E-state index is 13.4. The smallest absolute Gasteiger partial charge is 0.423 e. The van der Waals surface area contributed by atoms with Crippen molar-refractivity contribution in [1.29, 1.82) is 0 Å². The number of likely N-dealkylation sites (tertiary alicyclic amines) is 1. The van der Waals surface area contributed by atoms with Crippen molar-refractivity contribution in [3.8, 4) is 11.5 Å². The molecule has 5 rings (SSSR count). The van der Waals surface area contributed by atoms with Gasteiger partial charge in [-0.3, -0.25) is 19.2 Å². The van der Waals surface area contributed by atoms with Gasteiger partial charge in [0.2, 0.25) is 11.8 Å². The largest absolute Gasteiger partial charge is 0.508 e. The van der Waals surface area contributed by atoms with Gasteiger partial charge in [-0.25, -0.2) is 4.79 Å². The molecule has 4 aliphatic rings. The summed E-state index contributed by atoms with van der Waals surface area (Å²) >= 11 is 0. The lowest BCUT2D eigenvalue weighted by molar-refractivity contribution is -0.137. The standard InChI is InChI=1S/C26H23NO8/c1-11-8-18(29)17-10-16-13(6-7-15-21(16)25(32)27(24(15)31)26(33)35-3)20(22(17)23(11)30)14-5-4-12(28)9-19(14)34-2/h4-6,8-9,15-16,20-21,28H,7,10H2,1-3H3/t15-,16+,20+,21-/m0/s1. The molecule has 1 heterocycles. The van der Waals surface area contributed by atoms with Crippen LogP contribution in [0.15, 0.2) is 52.6 Å². The third-order valence-electron chi connectivity index (χ3n) is 7.45. The van der Waals surface area contributed by atoms with Crippen LogP contribution in [-0.2, 0) is 23.9 Å². The molecule has 0 aromatic heterocycles. The number of carbonyl (C=O) groups is 5. The van der Waals surface area contributed by atoms with Gasteiger partial charge in [-0.2, -0.15) is 4.90 Å². The topological polar surface area (TPSA) is 127 Å². The molecule has 0 unspecified atom stereocenters. The van der Waals surface area contributed by atoms with Crippen molar-refractivity contribution < 1.29 is 38.6 Å². The first kappa shape index (κ1) is 22.8. The minimum atomic E-state index is -1.04. The molecule has 1 fully saturated rings. The molecule has 1 aromatic rings. The van der Waals surface area contributed by atoms with Crippen molar-refractivity contribution in [1.82, 2.24) is 4.90 Å². The molecule has 1 saturated heterocycles. The number of phenolic OH excluding ortho intramolecular Hbond substituents is 1. The van der Waals surface area contributed by atoms with E-state index in [2.05, 4.69) is 4.74 Å². The first-order valence-corrected chi connectivity index (χ1v) is 11.2. The molecule has 0 saturated carbocycles. The Kier molecular flexibility index (Phi) is 5.23. The Balaban J connectivity index is 1.71. The molecule has 9 heteroatoms. The quantitative estimate of drug-likeness (QED) is 0.391. The number of Topliss-reactive ketones (excluding diaryl/α,β-unsaturated/α-hetero) is 1. The van der Waals surface area contributed by atoms with Gasteiger partial charge >= 0.3 is 6.09 Å². The van der Waals surface area contributed by atoms with Crippen LogP contribution in [-0.4, -0.2) is 53.7 Å². The average Bonchev–Trinajstić information content (AvgIpc) is 3.10. The fourth-order valence-corrected chi connectivity index (χ4v) is 5.93. The Morgan fingerprint density at radius 2 is 1.83 bits per heavy atom. The van der Waals surface area contributed by atoms with Crippen molar-refractivity contribution in [3.05, 3.63) is 58.2 Å². The lowest BCUT2D eigenvalue weighted by Gasteiger charge is -2.42. The maximum Gasteiger partial charge on any atom is 0.423 e. The van der Waals surface area contributed by atoms with Crippen molar-refractivity contribution >= 4 is 29.5 Å². The van der Waals surface area contributed by atoms with Gasteiger partial charge in [-0.05, 0) is 37.8 Å². The number of methoxy groups -OCH3 is 2. The highest BCUT2D eigenvalue weighted by Crippen LogP contribution is 2.56. The van der Waals surface area contributed by atoms with E-state index in [1.165, 1.54) is 25.3 Å². The van der Waals surface area contributed by atoms with Crippen molar-refractivity contribution in [3.63, 3.8) is 0 Å². The zero-order valence-electron chi connectivity index (χ0n) is 19.4. The summed E-state index contributed by atoms with van der Waals surface area (Å²) in [5.41, 5.74) is 2.21. The number of hydrogen-bond acceptors (Lipinski definition) is 8. The van der Waals surface area contributed by atoms with Crippen LogP contribution in [0.2, 0.25) is 0 Å². The number of fused-ring (bicyclic) bond motifs is 3. The lowest BCUT2D eigenvalue weighted by Crippen LogP contribution is -2.40. The van der Waals surface area contributed by atoms with E-state index in [-0.39, 0.29) is 30.2 Å². The molecule has 3 aliphatic carbocycles. The normalized spacial score (nSPS) is 27.7. The number of carbonyl (C=O) groups excluding carboxylic acids is 5. The van der Waals surface area contributed by atoms with Crippen molar-refractivity contribution in [2.75, 3.05) is 14.2 Å². The van der Waals surface area contributed by atoms with Crippen LogP contribution in [0.3, 0.4) is 0 Å². The predicted molar refractivity (Wildman–Crippen MR) is 120 cm³/mol. The van der Waals surface area contributed by atoms with Crippen LogP contribution in [0.1, 0.15) is 31.2 Å².